The van der Waals surface area contributed by atoms with Crippen molar-refractivity contribution < 1.29 is 12.9 Å². The molecule has 0 aliphatic rings. The Balaban J connectivity index is 2.32. The highest BCUT2D eigenvalue weighted by Crippen LogP contribution is 2.25. The molecule has 0 radical (unpaired) electrons. The third-order valence-electron chi connectivity index (χ3n) is 2.94. The molecule has 1 aromatic heterocycles. The molecule has 0 bridgehead atoms. The Morgan fingerprint density at radius 2 is 1.95 bits per heavy atom. The van der Waals surface area contributed by atoms with Crippen molar-refractivity contribution in [2.75, 3.05) is 0 Å². The molecular formula is C13H15ClN2O3S. The maximum atomic E-state index is 12.4. The van der Waals surface area contributed by atoms with E-state index in [4.69, 9.17) is 16.1 Å². The summed E-state index contributed by atoms with van der Waals surface area (Å²) < 4.78 is 32.2. The van der Waals surface area contributed by atoms with Crippen molar-refractivity contribution in [2.24, 2.45) is 0 Å². The van der Waals surface area contributed by atoms with Crippen LogP contribution in [0.25, 0.3) is 0 Å². The third kappa shape index (κ3) is 2.87. The number of hydrogen-bond acceptors (Lipinski definition) is 4. The second kappa shape index (κ2) is 5.55. The Morgan fingerprint density at radius 1 is 1.30 bits per heavy atom. The molecule has 1 heterocycles. The quantitative estimate of drug-likeness (QED) is 0.941. The van der Waals surface area contributed by atoms with Gasteiger partial charge in [-0.15, -0.1) is 0 Å². The summed E-state index contributed by atoms with van der Waals surface area (Å²) in [4.78, 5) is 0.0800. The number of aromatic nitrogens is 1. The predicted octanol–water partition coefficient (Wildman–Crippen LogP) is 2.98. The number of benzene rings is 1. The predicted molar refractivity (Wildman–Crippen MR) is 76.2 cm³/mol. The van der Waals surface area contributed by atoms with E-state index in [1.165, 1.54) is 0 Å². The highest BCUT2D eigenvalue weighted by atomic mass is 35.5. The van der Waals surface area contributed by atoms with Crippen LogP contribution in [0.5, 0.6) is 0 Å². The first kappa shape index (κ1) is 15.0. The molecule has 5 nitrogen and oxygen atoms in total. The maximum absolute atomic E-state index is 12.4. The minimum absolute atomic E-state index is 0.0800. The molecule has 2 rings (SSSR count). The highest BCUT2D eigenvalue weighted by Gasteiger charge is 2.26. The fraction of sp³-hybridized carbons (Fsp3) is 0.308. The van der Waals surface area contributed by atoms with Gasteiger partial charge in [0.05, 0.1) is 0 Å². The number of halogens is 1. The van der Waals surface area contributed by atoms with E-state index in [0.29, 0.717) is 16.3 Å². The van der Waals surface area contributed by atoms with Gasteiger partial charge in [0.1, 0.15) is 10.6 Å². The van der Waals surface area contributed by atoms with E-state index < -0.39 is 16.1 Å². The van der Waals surface area contributed by atoms with E-state index in [1.807, 2.05) is 6.07 Å². The van der Waals surface area contributed by atoms with E-state index in [0.717, 1.165) is 0 Å². The summed E-state index contributed by atoms with van der Waals surface area (Å²) in [6, 6.07) is 6.64. The van der Waals surface area contributed by atoms with Crippen molar-refractivity contribution in [2.45, 2.75) is 31.7 Å². The first-order valence-corrected chi connectivity index (χ1v) is 7.88. The van der Waals surface area contributed by atoms with Crippen LogP contribution in [-0.2, 0) is 10.0 Å². The highest BCUT2D eigenvalue weighted by molar-refractivity contribution is 7.89. The molecule has 0 unspecified atom stereocenters. The molecular weight excluding hydrogens is 300 g/mol. The summed E-state index contributed by atoms with van der Waals surface area (Å²) in [5, 5.41) is 4.18. The van der Waals surface area contributed by atoms with Crippen molar-refractivity contribution in [1.82, 2.24) is 9.88 Å². The van der Waals surface area contributed by atoms with E-state index in [2.05, 4.69) is 9.88 Å². The number of aryl methyl sites for hydroxylation is 2. The largest absolute Gasteiger partial charge is 0.360 e. The van der Waals surface area contributed by atoms with Crippen molar-refractivity contribution in [3.05, 3.63) is 46.3 Å². The lowest BCUT2D eigenvalue weighted by atomic mass is 10.1. The molecule has 0 amide bonds. The summed E-state index contributed by atoms with van der Waals surface area (Å²) >= 11 is 6.07. The van der Waals surface area contributed by atoms with Crippen LogP contribution < -0.4 is 4.72 Å². The Morgan fingerprint density at radius 3 is 2.50 bits per heavy atom. The van der Waals surface area contributed by atoms with Crippen molar-refractivity contribution in [3.8, 4) is 0 Å². The van der Waals surface area contributed by atoms with E-state index in [1.54, 1.807) is 39.0 Å². The van der Waals surface area contributed by atoms with Gasteiger partial charge in [-0.2, -0.15) is 0 Å². The van der Waals surface area contributed by atoms with Crippen LogP contribution in [0.2, 0.25) is 5.02 Å². The molecule has 0 saturated carbocycles. The van der Waals surface area contributed by atoms with Crippen LogP contribution in [0.15, 0.2) is 33.7 Å². The molecule has 1 N–H and O–H groups in total. The average Bonchev–Trinajstić information content (AvgIpc) is 2.69. The number of rotatable bonds is 4. The van der Waals surface area contributed by atoms with Gasteiger partial charge in [0.2, 0.25) is 10.0 Å². The van der Waals surface area contributed by atoms with Gasteiger partial charge < -0.3 is 4.52 Å². The molecule has 0 aliphatic carbocycles. The monoisotopic (exact) mass is 314 g/mol. The maximum Gasteiger partial charge on any atom is 0.246 e. The number of nitrogens with one attached hydrogen (secondary N) is 1. The standard InChI is InChI=1S/C13H15ClN2O3S/c1-8(11-6-4-5-7-12(11)14)16-20(17,18)13-9(2)15-19-10(13)3/h4-8,16H,1-3H3/t8-/m1/s1. The van der Waals surface area contributed by atoms with Crippen LogP contribution in [0.3, 0.4) is 0 Å². The lowest BCUT2D eigenvalue weighted by Gasteiger charge is -2.15. The van der Waals surface area contributed by atoms with E-state index >= 15 is 0 Å². The Bertz CT molecular complexity index is 705. The molecule has 0 fully saturated rings. The van der Waals surface area contributed by atoms with Gasteiger partial charge >= 0.3 is 0 Å². The van der Waals surface area contributed by atoms with Crippen LogP contribution >= 0.6 is 11.6 Å². The van der Waals surface area contributed by atoms with Gasteiger partial charge in [0.15, 0.2) is 5.76 Å². The molecule has 1 atom stereocenters. The van der Waals surface area contributed by atoms with Crippen LogP contribution in [0, 0.1) is 13.8 Å². The number of nitrogens with zero attached hydrogens (tertiary/aromatic N) is 1. The smallest absolute Gasteiger partial charge is 0.246 e. The van der Waals surface area contributed by atoms with Crippen LogP contribution in [-0.4, -0.2) is 13.6 Å². The SMILES string of the molecule is Cc1noc(C)c1S(=O)(=O)N[C@H](C)c1ccccc1Cl. The van der Waals surface area contributed by atoms with Gasteiger partial charge in [-0.3, -0.25) is 0 Å². The number of hydrogen-bond donors (Lipinski definition) is 1. The molecule has 7 heteroatoms. The molecule has 0 saturated heterocycles. The molecule has 20 heavy (non-hydrogen) atoms. The minimum atomic E-state index is -3.71. The van der Waals surface area contributed by atoms with E-state index in [-0.39, 0.29) is 10.7 Å². The molecule has 0 spiro atoms. The summed E-state index contributed by atoms with van der Waals surface area (Å²) in [6.07, 6.45) is 0. The summed E-state index contributed by atoms with van der Waals surface area (Å²) in [6.45, 7) is 4.89. The van der Waals surface area contributed by atoms with Gasteiger partial charge in [-0.05, 0) is 32.4 Å². The zero-order valence-electron chi connectivity index (χ0n) is 11.3. The average molecular weight is 315 g/mol. The second-order valence-electron chi connectivity index (χ2n) is 4.52. The molecule has 0 aliphatic heterocycles. The summed E-state index contributed by atoms with van der Waals surface area (Å²) in [5.74, 6) is 0.265. The lowest BCUT2D eigenvalue weighted by molar-refractivity contribution is 0.390. The zero-order chi connectivity index (χ0) is 14.9. The fourth-order valence-electron chi connectivity index (χ4n) is 2.04. The Hall–Kier alpha value is -1.37. The molecule has 108 valence electrons. The van der Waals surface area contributed by atoms with Crippen molar-refractivity contribution in [1.29, 1.82) is 0 Å². The third-order valence-corrected chi connectivity index (χ3v) is 5.07. The second-order valence-corrected chi connectivity index (χ2v) is 6.58. The first-order chi connectivity index (χ1) is 9.33. The normalized spacial score (nSPS) is 13.4. The van der Waals surface area contributed by atoms with Crippen molar-refractivity contribution in [3.63, 3.8) is 0 Å². The fourth-order valence-corrected chi connectivity index (χ4v) is 3.89. The summed E-state index contributed by atoms with van der Waals surface area (Å²) in [7, 11) is -3.71. The van der Waals surface area contributed by atoms with Gasteiger partial charge in [-0.1, -0.05) is 35.0 Å². The van der Waals surface area contributed by atoms with Crippen molar-refractivity contribution >= 4 is 21.6 Å². The first-order valence-electron chi connectivity index (χ1n) is 6.02. The van der Waals surface area contributed by atoms with Crippen LogP contribution in [0.1, 0.15) is 30.0 Å². The van der Waals surface area contributed by atoms with E-state index in [9.17, 15) is 8.42 Å². The topological polar surface area (TPSA) is 72.2 Å². The van der Waals surface area contributed by atoms with Gasteiger partial charge in [0, 0.05) is 11.1 Å². The Kier molecular flexibility index (Phi) is 4.17. The molecule has 2 aromatic rings. The number of sulfonamides is 1. The lowest BCUT2D eigenvalue weighted by Crippen LogP contribution is -2.27. The van der Waals surface area contributed by atoms with Gasteiger partial charge in [0.25, 0.3) is 0 Å². The minimum Gasteiger partial charge on any atom is -0.360 e. The summed E-state index contributed by atoms with van der Waals surface area (Å²) in [5.41, 5.74) is 1.05. The Labute approximate surface area is 123 Å². The molecule has 1 aromatic carbocycles. The zero-order valence-corrected chi connectivity index (χ0v) is 12.9. The van der Waals surface area contributed by atoms with Gasteiger partial charge in [-0.25, -0.2) is 13.1 Å². The van der Waals surface area contributed by atoms with Crippen LogP contribution in [0.4, 0.5) is 0 Å².